The number of aliphatic hydroxyl groups excluding tert-OH is 2. The number of nitrogens with two attached hydrogens (primary N) is 1. The maximum Gasteiger partial charge on any atom is 0.255 e. The third-order valence-electron chi connectivity index (χ3n) is 6.98. The molecule has 1 fully saturated rings. The summed E-state index contributed by atoms with van der Waals surface area (Å²) in [4.78, 5) is 41.8. The van der Waals surface area contributed by atoms with Crippen molar-refractivity contribution in [3.05, 3.63) is 64.2 Å². The Labute approximate surface area is 204 Å². The normalized spacial score (nSPS) is 22.9. The summed E-state index contributed by atoms with van der Waals surface area (Å²) in [5, 5.41) is 32.3. The van der Waals surface area contributed by atoms with Crippen LogP contribution in [0.1, 0.15) is 39.9 Å². The van der Waals surface area contributed by atoms with E-state index < -0.39 is 46.6 Å². The van der Waals surface area contributed by atoms with Gasteiger partial charge in [0.1, 0.15) is 22.8 Å². The minimum Gasteiger partial charge on any atom is -0.511 e. The zero-order valence-corrected chi connectivity index (χ0v) is 18.3. The summed E-state index contributed by atoms with van der Waals surface area (Å²) in [6.45, 7) is 1.87. The SMILES string of the molecule is C.Cc1cc(-c2ccc(O)c3c2CC2CC4CC(=O)C(C(N)=O)=C(O)C4C(=O)C2=C3O)ccn1.O.[HH].[HH]. The van der Waals surface area contributed by atoms with Gasteiger partial charge in [-0.25, -0.2) is 0 Å². The molecule has 35 heavy (non-hydrogen) atoms. The second-order valence-electron chi connectivity index (χ2n) is 8.92. The Morgan fingerprint density at radius 3 is 2.51 bits per heavy atom. The molecule has 9 nitrogen and oxygen atoms in total. The first kappa shape index (κ1) is 25.6. The lowest BCUT2D eigenvalue weighted by Gasteiger charge is -2.41. The van der Waals surface area contributed by atoms with E-state index in [0.29, 0.717) is 18.4 Å². The molecule has 188 valence electrons. The first-order valence-corrected chi connectivity index (χ1v) is 10.7. The van der Waals surface area contributed by atoms with Crippen LogP contribution >= 0.6 is 0 Å². The van der Waals surface area contributed by atoms with Crippen LogP contribution in [0.4, 0.5) is 0 Å². The zero-order chi connectivity index (χ0) is 23.6. The number of primary amides is 1. The number of pyridine rings is 1. The molecule has 3 unspecified atom stereocenters. The highest BCUT2D eigenvalue weighted by molar-refractivity contribution is 6.21. The van der Waals surface area contributed by atoms with E-state index in [4.69, 9.17) is 5.73 Å². The average Bonchev–Trinajstić information content (AvgIpc) is 2.73. The number of nitrogens with zero attached hydrogens (tertiary/aromatic N) is 1. The molecule has 0 aliphatic heterocycles. The monoisotopic (exact) mass is 484 g/mol. The minimum atomic E-state index is -1.12. The Balaban J connectivity index is 0.00000171. The number of rotatable bonds is 2. The summed E-state index contributed by atoms with van der Waals surface area (Å²) in [6.07, 6.45) is 2.34. The third-order valence-corrected chi connectivity index (χ3v) is 6.98. The molecule has 9 heteroatoms. The Morgan fingerprint density at radius 1 is 1.14 bits per heavy atom. The largest absolute Gasteiger partial charge is 0.511 e. The molecule has 7 N–H and O–H groups in total. The standard InChI is InChI=1S/C25H22N2O6.CH4.H2O.2H2/c1-10-6-11(4-5-27-10)14-2-3-16(28)20-15(14)8-12-7-13-9-17(29)21(25(26)33)24(32)19(13)22(30)18(12)23(20)31;;;;/h2-6,12-13,19,28,31-32H,7-9H2,1H3,(H2,26,33);1H4;1H2;2*1H. The fraction of sp³-hybridized carbons (Fsp3) is 0.308. The first-order chi connectivity index (χ1) is 15.7. The quantitative estimate of drug-likeness (QED) is 0.472. The van der Waals surface area contributed by atoms with E-state index in [9.17, 15) is 29.7 Å². The second-order valence-corrected chi connectivity index (χ2v) is 8.92. The van der Waals surface area contributed by atoms with Gasteiger partial charge in [0.05, 0.1) is 11.5 Å². The van der Waals surface area contributed by atoms with Gasteiger partial charge in [-0.2, -0.15) is 0 Å². The van der Waals surface area contributed by atoms with Crippen molar-refractivity contribution in [2.75, 3.05) is 0 Å². The van der Waals surface area contributed by atoms with Crippen molar-refractivity contribution in [1.29, 1.82) is 0 Å². The smallest absolute Gasteiger partial charge is 0.255 e. The van der Waals surface area contributed by atoms with Crippen molar-refractivity contribution in [2.45, 2.75) is 33.6 Å². The van der Waals surface area contributed by atoms with Gasteiger partial charge in [0, 0.05) is 26.7 Å². The molecule has 3 aliphatic rings. The molecule has 0 saturated heterocycles. The molecule has 1 saturated carbocycles. The number of aromatic nitrogens is 1. The van der Waals surface area contributed by atoms with Gasteiger partial charge in [0.2, 0.25) is 0 Å². The number of hydrogen-bond acceptors (Lipinski definition) is 7. The molecule has 1 aromatic carbocycles. The number of aliphatic hydroxyl groups is 2. The van der Waals surface area contributed by atoms with Gasteiger partial charge >= 0.3 is 0 Å². The molecule has 5 rings (SSSR count). The first-order valence-electron chi connectivity index (χ1n) is 10.7. The van der Waals surface area contributed by atoms with Crippen molar-refractivity contribution < 1.29 is 38.0 Å². The van der Waals surface area contributed by atoms with Gasteiger partial charge in [-0.15, -0.1) is 0 Å². The molecule has 0 radical (unpaired) electrons. The van der Waals surface area contributed by atoms with Gasteiger partial charge in [-0.3, -0.25) is 19.4 Å². The van der Waals surface area contributed by atoms with Crippen molar-refractivity contribution in [3.8, 4) is 16.9 Å². The summed E-state index contributed by atoms with van der Waals surface area (Å²) >= 11 is 0. The van der Waals surface area contributed by atoms with Crippen LogP contribution < -0.4 is 5.73 Å². The fourth-order valence-electron chi connectivity index (χ4n) is 5.62. The number of carbonyl (C=O) groups excluding carboxylic acids is 3. The van der Waals surface area contributed by atoms with Crippen molar-refractivity contribution >= 4 is 23.2 Å². The molecule has 1 amide bonds. The number of aromatic hydroxyl groups is 1. The Morgan fingerprint density at radius 2 is 1.86 bits per heavy atom. The number of allylic oxidation sites excluding steroid dienone is 2. The molecule has 0 bridgehead atoms. The van der Waals surface area contributed by atoms with E-state index in [0.717, 1.165) is 16.8 Å². The maximum absolute atomic E-state index is 13.4. The number of fused-ring (bicyclic) bond motifs is 3. The lowest BCUT2D eigenvalue weighted by atomic mass is 9.61. The number of phenols is 1. The molecule has 0 spiro atoms. The fourth-order valence-corrected chi connectivity index (χ4v) is 5.62. The predicted octanol–water partition coefficient (Wildman–Crippen LogP) is 2.98. The molecule has 2 aromatic rings. The van der Waals surface area contributed by atoms with E-state index in [2.05, 4.69) is 4.98 Å². The number of Topliss-reactive ketones (excluding diaryl/α,β-unsaturated/α-hetero) is 2. The highest BCUT2D eigenvalue weighted by atomic mass is 16.3. The topological polar surface area (TPSA) is 182 Å². The summed E-state index contributed by atoms with van der Waals surface area (Å²) in [7, 11) is 0. The highest BCUT2D eigenvalue weighted by Gasteiger charge is 2.50. The van der Waals surface area contributed by atoms with Crippen molar-refractivity contribution in [1.82, 2.24) is 4.98 Å². The number of ketones is 2. The number of aryl methyl sites for hydroxylation is 1. The van der Waals surface area contributed by atoms with Crippen LogP contribution in [0.25, 0.3) is 16.9 Å². The third kappa shape index (κ3) is 3.77. The number of hydrogen-bond donors (Lipinski definition) is 4. The summed E-state index contributed by atoms with van der Waals surface area (Å²) in [5.74, 6) is -5.33. The Hall–Kier alpha value is -3.98. The van der Waals surface area contributed by atoms with E-state index in [1.165, 1.54) is 6.07 Å². The van der Waals surface area contributed by atoms with Crippen LogP contribution in [-0.4, -0.2) is 43.3 Å². The molecule has 3 aliphatic carbocycles. The Kier molecular flexibility index (Phi) is 6.59. The van der Waals surface area contributed by atoms with Gasteiger partial charge in [0.25, 0.3) is 5.91 Å². The van der Waals surface area contributed by atoms with Crippen LogP contribution in [-0.2, 0) is 20.8 Å². The van der Waals surface area contributed by atoms with Crippen LogP contribution in [0.5, 0.6) is 5.75 Å². The number of phenolic OH excluding ortho intramolecular Hbond substituents is 1. The van der Waals surface area contributed by atoms with Crippen LogP contribution in [0.15, 0.2) is 47.4 Å². The average molecular weight is 485 g/mol. The molecular weight excluding hydrogens is 452 g/mol. The number of amides is 1. The van der Waals surface area contributed by atoms with Crippen molar-refractivity contribution in [3.63, 3.8) is 0 Å². The molecule has 1 aromatic heterocycles. The summed E-state index contributed by atoms with van der Waals surface area (Å²) < 4.78 is 0. The second kappa shape index (κ2) is 8.99. The lowest BCUT2D eigenvalue weighted by molar-refractivity contribution is -0.127. The maximum atomic E-state index is 13.4. The van der Waals surface area contributed by atoms with Gasteiger partial charge in [0.15, 0.2) is 11.6 Å². The Bertz CT molecular complexity index is 1340. The molecule has 3 atom stereocenters. The van der Waals surface area contributed by atoms with Gasteiger partial charge in [-0.1, -0.05) is 13.5 Å². The summed E-state index contributed by atoms with van der Waals surface area (Å²) in [6, 6.07) is 6.98. The van der Waals surface area contributed by atoms with Crippen molar-refractivity contribution in [2.24, 2.45) is 23.5 Å². The van der Waals surface area contributed by atoms with Crippen LogP contribution in [0.3, 0.4) is 0 Å². The lowest BCUT2D eigenvalue weighted by Crippen LogP contribution is -2.44. The van der Waals surface area contributed by atoms with Crippen LogP contribution in [0.2, 0.25) is 0 Å². The highest BCUT2D eigenvalue weighted by Crippen LogP contribution is 2.51. The van der Waals surface area contributed by atoms with E-state index in [-0.39, 0.29) is 44.8 Å². The van der Waals surface area contributed by atoms with E-state index in [1.807, 2.05) is 19.1 Å². The summed E-state index contributed by atoms with van der Waals surface area (Å²) in [5.41, 5.74) is 8.20. The molecule has 1 heterocycles. The van der Waals surface area contributed by atoms with E-state index >= 15 is 0 Å². The zero-order valence-electron chi connectivity index (χ0n) is 18.3. The van der Waals surface area contributed by atoms with E-state index in [1.54, 1.807) is 12.3 Å². The number of benzene rings is 1. The predicted molar refractivity (Wildman–Crippen MR) is 132 cm³/mol. The number of carbonyl (C=O) groups is 3. The minimum absolute atomic E-state index is 0. The van der Waals surface area contributed by atoms with Gasteiger partial charge in [-0.05, 0) is 66.5 Å². The van der Waals surface area contributed by atoms with Crippen LogP contribution in [0, 0.1) is 24.7 Å². The molecular formula is C26H32N2O7. The van der Waals surface area contributed by atoms with Gasteiger partial charge < -0.3 is 26.5 Å².